The van der Waals surface area contributed by atoms with Crippen LogP contribution >= 0.6 is 15.9 Å². The Bertz CT molecular complexity index is 1020. The van der Waals surface area contributed by atoms with Gasteiger partial charge in [-0.1, -0.05) is 46.3 Å². The van der Waals surface area contributed by atoms with E-state index in [4.69, 9.17) is 0 Å². The lowest BCUT2D eigenvalue weighted by Crippen LogP contribution is -2.28. The van der Waals surface area contributed by atoms with E-state index in [1.807, 2.05) is 59.5 Å². The Labute approximate surface area is 172 Å². The molecule has 1 heterocycles. The highest BCUT2D eigenvalue weighted by Gasteiger charge is 2.25. The molecule has 0 saturated heterocycles. The number of rotatable bonds is 4. The number of hydrogen-bond donors (Lipinski definition) is 1. The van der Waals surface area contributed by atoms with Gasteiger partial charge >= 0.3 is 0 Å². The van der Waals surface area contributed by atoms with E-state index in [0.717, 1.165) is 27.7 Å². The molecule has 4 nitrogen and oxygen atoms in total. The molecule has 5 heteroatoms. The van der Waals surface area contributed by atoms with Crippen LogP contribution < -0.4 is 10.2 Å². The van der Waals surface area contributed by atoms with Crippen LogP contribution in [0.3, 0.4) is 0 Å². The van der Waals surface area contributed by atoms with Crippen LogP contribution in [0.4, 0.5) is 5.69 Å². The zero-order valence-electron chi connectivity index (χ0n) is 15.2. The van der Waals surface area contributed by atoms with Crippen molar-refractivity contribution in [2.24, 2.45) is 0 Å². The summed E-state index contributed by atoms with van der Waals surface area (Å²) in [6.45, 7) is 1.13. The minimum absolute atomic E-state index is 0.0237. The van der Waals surface area contributed by atoms with Crippen molar-refractivity contribution in [2.75, 3.05) is 11.4 Å². The smallest absolute Gasteiger partial charge is 0.258 e. The first kappa shape index (κ1) is 18.4. The fraction of sp³-hybridized carbons (Fsp3) is 0.130. The molecule has 0 radical (unpaired) electrons. The Balaban J connectivity index is 1.44. The van der Waals surface area contributed by atoms with Gasteiger partial charge in [0.2, 0.25) is 0 Å². The van der Waals surface area contributed by atoms with E-state index in [1.165, 1.54) is 0 Å². The van der Waals surface area contributed by atoms with Crippen molar-refractivity contribution in [3.8, 4) is 0 Å². The number of nitrogens with one attached hydrogen (secondary N) is 1. The van der Waals surface area contributed by atoms with E-state index < -0.39 is 0 Å². The SMILES string of the molecule is O=C(NCc1ccc2c(c1)CCN2C(=O)c1ccccc1)c1ccc(Br)cc1. The number of carbonyl (C=O) groups is 2. The van der Waals surface area contributed by atoms with Crippen molar-refractivity contribution < 1.29 is 9.59 Å². The minimum Gasteiger partial charge on any atom is -0.348 e. The van der Waals surface area contributed by atoms with E-state index in [1.54, 1.807) is 12.1 Å². The van der Waals surface area contributed by atoms with E-state index in [2.05, 4.69) is 27.3 Å². The van der Waals surface area contributed by atoms with E-state index in [0.29, 0.717) is 24.2 Å². The Morgan fingerprint density at radius 2 is 1.68 bits per heavy atom. The van der Waals surface area contributed by atoms with Crippen LogP contribution in [0.5, 0.6) is 0 Å². The van der Waals surface area contributed by atoms with Crippen molar-refractivity contribution in [1.82, 2.24) is 5.32 Å². The second-order valence-corrected chi connectivity index (χ2v) is 7.64. The van der Waals surface area contributed by atoms with Crippen molar-refractivity contribution in [3.63, 3.8) is 0 Å². The van der Waals surface area contributed by atoms with Gasteiger partial charge in [0.05, 0.1) is 0 Å². The van der Waals surface area contributed by atoms with Crippen LogP contribution in [0.25, 0.3) is 0 Å². The highest BCUT2D eigenvalue weighted by Crippen LogP contribution is 2.30. The normalized spacial score (nSPS) is 12.5. The zero-order valence-corrected chi connectivity index (χ0v) is 16.8. The van der Waals surface area contributed by atoms with E-state index in [9.17, 15) is 9.59 Å². The first-order valence-corrected chi connectivity index (χ1v) is 9.93. The summed E-state index contributed by atoms with van der Waals surface area (Å²) in [5.74, 6) is -0.0791. The fourth-order valence-electron chi connectivity index (χ4n) is 3.40. The third-order valence-electron chi connectivity index (χ3n) is 4.86. The quantitative estimate of drug-likeness (QED) is 0.652. The predicted octanol–water partition coefficient (Wildman–Crippen LogP) is 4.58. The second kappa shape index (κ2) is 7.98. The lowest BCUT2D eigenvalue weighted by atomic mass is 10.1. The predicted molar refractivity (Wildman–Crippen MR) is 114 cm³/mol. The van der Waals surface area contributed by atoms with Gasteiger partial charge in [0.1, 0.15) is 0 Å². The molecule has 0 aliphatic carbocycles. The van der Waals surface area contributed by atoms with Gasteiger partial charge < -0.3 is 10.2 Å². The zero-order chi connectivity index (χ0) is 19.5. The summed E-state index contributed by atoms with van der Waals surface area (Å²) in [4.78, 5) is 26.9. The monoisotopic (exact) mass is 434 g/mol. The number of benzene rings is 3. The molecule has 3 aromatic carbocycles. The van der Waals surface area contributed by atoms with Gasteiger partial charge in [-0.3, -0.25) is 9.59 Å². The van der Waals surface area contributed by atoms with Gasteiger partial charge in [0.25, 0.3) is 11.8 Å². The highest BCUT2D eigenvalue weighted by molar-refractivity contribution is 9.10. The van der Waals surface area contributed by atoms with E-state index >= 15 is 0 Å². The van der Waals surface area contributed by atoms with Crippen LogP contribution in [-0.4, -0.2) is 18.4 Å². The topological polar surface area (TPSA) is 49.4 Å². The molecular weight excluding hydrogens is 416 g/mol. The van der Waals surface area contributed by atoms with Gasteiger partial charge in [-0.2, -0.15) is 0 Å². The summed E-state index contributed by atoms with van der Waals surface area (Å²) in [5, 5.41) is 2.95. The van der Waals surface area contributed by atoms with Crippen molar-refractivity contribution >= 4 is 33.4 Å². The molecule has 0 aromatic heterocycles. The van der Waals surface area contributed by atoms with Crippen LogP contribution in [0.2, 0.25) is 0 Å². The minimum atomic E-state index is -0.103. The summed E-state index contributed by atoms with van der Waals surface area (Å²) in [6, 6.07) is 22.6. The number of hydrogen-bond acceptors (Lipinski definition) is 2. The number of amides is 2. The third-order valence-corrected chi connectivity index (χ3v) is 5.39. The Kier molecular flexibility index (Phi) is 5.26. The maximum absolute atomic E-state index is 12.8. The lowest BCUT2D eigenvalue weighted by molar-refractivity contribution is 0.0949. The van der Waals surface area contributed by atoms with Crippen LogP contribution in [0, 0.1) is 0 Å². The molecule has 0 fully saturated rings. The maximum Gasteiger partial charge on any atom is 0.258 e. The summed E-state index contributed by atoms with van der Waals surface area (Å²) >= 11 is 3.37. The van der Waals surface area contributed by atoms with Crippen molar-refractivity contribution in [2.45, 2.75) is 13.0 Å². The standard InChI is InChI=1S/C23H19BrN2O2/c24-20-9-7-17(8-10-20)22(27)25-15-16-6-11-21-19(14-16)12-13-26(21)23(28)18-4-2-1-3-5-18/h1-11,14H,12-13,15H2,(H,25,27). The highest BCUT2D eigenvalue weighted by atomic mass is 79.9. The Morgan fingerprint density at radius 1 is 0.929 bits per heavy atom. The number of halogens is 1. The molecule has 1 N–H and O–H groups in total. The van der Waals surface area contributed by atoms with Crippen molar-refractivity contribution in [1.29, 1.82) is 0 Å². The third kappa shape index (κ3) is 3.85. The molecule has 1 aliphatic rings. The molecule has 3 aromatic rings. The van der Waals surface area contributed by atoms with Gasteiger partial charge in [-0.25, -0.2) is 0 Å². The molecule has 0 saturated carbocycles. The lowest BCUT2D eigenvalue weighted by Gasteiger charge is -2.17. The first-order chi connectivity index (χ1) is 13.6. The number of fused-ring (bicyclic) bond motifs is 1. The van der Waals surface area contributed by atoms with Crippen molar-refractivity contribution in [3.05, 3.63) is 99.5 Å². The molecule has 4 rings (SSSR count). The molecule has 0 unspecified atom stereocenters. The Hall–Kier alpha value is -2.92. The van der Waals surface area contributed by atoms with Gasteiger partial charge in [0.15, 0.2) is 0 Å². The largest absolute Gasteiger partial charge is 0.348 e. The van der Waals surface area contributed by atoms with Crippen LogP contribution in [-0.2, 0) is 13.0 Å². The summed E-state index contributed by atoms with van der Waals surface area (Å²) in [6.07, 6.45) is 0.822. The molecule has 28 heavy (non-hydrogen) atoms. The summed E-state index contributed by atoms with van der Waals surface area (Å²) < 4.78 is 0.942. The van der Waals surface area contributed by atoms with Gasteiger partial charge in [0, 0.05) is 34.4 Å². The van der Waals surface area contributed by atoms with Gasteiger partial charge in [-0.05, 0) is 60.0 Å². The molecular formula is C23H19BrN2O2. The van der Waals surface area contributed by atoms with Gasteiger partial charge in [-0.15, -0.1) is 0 Å². The Morgan fingerprint density at radius 3 is 2.43 bits per heavy atom. The summed E-state index contributed by atoms with van der Waals surface area (Å²) in [7, 11) is 0. The number of carbonyl (C=O) groups excluding carboxylic acids is 2. The average molecular weight is 435 g/mol. The summed E-state index contributed by atoms with van der Waals surface area (Å²) in [5.41, 5.74) is 4.44. The van der Waals surface area contributed by atoms with Crippen LogP contribution in [0.15, 0.2) is 77.3 Å². The average Bonchev–Trinajstić information content (AvgIpc) is 3.16. The number of nitrogens with zero attached hydrogens (tertiary/aromatic N) is 1. The maximum atomic E-state index is 12.8. The molecule has 0 spiro atoms. The fourth-order valence-corrected chi connectivity index (χ4v) is 3.66. The molecule has 1 aliphatic heterocycles. The molecule has 140 valence electrons. The number of anilines is 1. The molecule has 2 amide bonds. The second-order valence-electron chi connectivity index (χ2n) is 6.73. The first-order valence-electron chi connectivity index (χ1n) is 9.14. The molecule has 0 bridgehead atoms. The van der Waals surface area contributed by atoms with Crippen LogP contribution in [0.1, 0.15) is 31.8 Å². The van der Waals surface area contributed by atoms with E-state index in [-0.39, 0.29) is 11.8 Å². The molecule has 0 atom stereocenters.